The second kappa shape index (κ2) is 6.89. The van der Waals surface area contributed by atoms with E-state index in [1.165, 1.54) is 12.1 Å². The summed E-state index contributed by atoms with van der Waals surface area (Å²) in [6, 6.07) is 5.94. The Labute approximate surface area is 125 Å². The Morgan fingerprint density at radius 3 is 2.62 bits per heavy atom. The van der Waals surface area contributed by atoms with Crippen LogP contribution < -0.4 is 5.32 Å². The predicted octanol–water partition coefficient (Wildman–Crippen LogP) is 3.10. The molecule has 0 spiro atoms. The number of amides is 2. The lowest BCUT2D eigenvalue weighted by Crippen LogP contribution is -2.47. The largest absolute Gasteiger partial charge is 0.376 e. The monoisotopic (exact) mass is 294 g/mol. The number of hydrogen-bond acceptors (Lipinski definition) is 2. The average molecular weight is 294 g/mol. The second-order valence-corrected chi connectivity index (χ2v) is 5.63. The van der Waals surface area contributed by atoms with Crippen LogP contribution in [-0.2, 0) is 4.74 Å². The average Bonchev–Trinajstić information content (AvgIpc) is 3.00. The van der Waals surface area contributed by atoms with Crippen LogP contribution in [0.5, 0.6) is 0 Å². The molecule has 5 heteroatoms. The van der Waals surface area contributed by atoms with E-state index in [-0.39, 0.29) is 30.0 Å². The summed E-state index contributed by atoms with van der Waals surface area (Å²) in [5.41, 5.74) is 0.902. The van der Waals surface area contributed by atoms with Crippen molar-refractivity contribution in [3.05, 3.63) is 35.6 Å². The van der Waals surface area contributed by atoms with Crippen molar-refractivity contribution in [2.24, 2.45) is 0 Å². The van der Waals surface area contributed by atoms with E-state index in [4.69, 9.17) is 4.74 Å². The highest BCUT2D eigenvalue weighted by atomic mass is 19.1. The number of halogens is 1. The first-order chi connectivity index (χ1) is 9.99. The van der Waals surface area contributed by atoms with E-state index in [1.54, 1.807) is 24.1 Å². The molecule has 1 aromatic carbocycles. The summed E-state index contributed by atoms with van der Waals surface area (Å²) in [6.45, 7) is 4.65. The summed E-state index contributed by atoms with van der Waals surface area (Å²) < 4.78 is 18.5. The van der Waals surface area contributed by atoms with Crippen LogP contribution in [-0.4, -0.2) is 36.7 Å². The van der Waals surface area contributed by atoms with Crippen LogP contribution in [0, 0.1) is 5.82 Å². The van der Waals surface area contributed by atoms with E-state index in [9.17, 15) is 9.18 Å². The standard InChI is InChI=1S/C16H23FN2O2/c1-11(15-5-4-10-21-15)18-16(20)19(3)12(2)13-6-8-14(17)9-7-13/h6-9,11-12,15H,4-5,10H2,1-3H3,(H,18,20)/t11-,12-,15-/m0/s1. The minimum Gasteiger partial charge on any atom is -0.376 e. The highest BCUT2D eigenvalue weighted by molar-refractivity contribution is 5.74. The summed E-state index contributed by atoms with van der Waals surface area (Å²) in [4.78, 5) is 13.9. The first-order valence-corrected chi connectivity index (χ1v) is 7.39. The summed E-state index contributed by atoms with van der Waals surface area (Å²) in [6.07, 6.45) is 2.13. The first kappa shape index (κ1) is 15.8. The summed E-state index contributed by atoms with van der Waals surface area (Å²) in [7, 11) is 1.74. The van der Waals surface area contributed by atoms with E-state index in [2.05, 4.69) is 5.32 Å². The molecule has 0 radical (unpaired) electrons. The minimum absolute atomic E-state index is 0.0112. The van der Waals surface area contributed by atoms with Crippen LogP contribution in [0.25, 0.3) is 0 Å². The first-order valence-electron chi connectivity index (χ1n) is 7.39. The molecule has 3 atom stereocenters. The van der Waals surface area contributed by atoms with Gasteiger partial charge >= 0.3 is 6.03 Å². The Balaban J connectivity index is 1.93. The third-order valence-corrected chi connectivity index (χ3v) is 4.13. The molecule has 0 unspecified atom stereocenters. The van der Waals surface area contributed by atoms with Crippen molar-refractivity contribution in [3.63, 3.8) is 0 Å². The quantitative estimate of drug-likeness (QED) is 0.927. The number of benzene rings is 1. The predicted molar refractivity (Wildman–Crippen MR) is 79.5 cm³/mol. The second-order valence-electron chi connectivity index (χ2n) is 5.63. The van der Waals surface area contributed by atoms with Crippen LogP contribution in [0.15, 0.2) is 24.3 Å². The van der Waals surface area contributed by atoms with Gasteiger partial charge in [-0.25, -0.2) is 9.18 Å². The maximum atomic E-state index is 12.9. The van der Waals surface area contributed by atoms with Gasteiger partial charge in [-0.2, -0.15) is 0 Å². The number of nitrogens with one attached hydrogen (secondary N) is 1. The highest BCUT2D eigenvalue weighted by Gasteiger charge is 2.26. The van der Waals surface area contributed by atoms with E-state index >= 15 is 0 Å². The maximum absolute atomic E-state index is 12.9. The number of carbonyl (C=O) groups excluding carboxylic acids is 1. The van der Waals surface area contributed by atoms with Gasteiger partial charge in [-0.3, -0.25) is 0 Å². The van der Waals surface area contributed by atoms with E-state index < -0.39 is 0 Å². The van der Waals surface area contributed by atoms with Gasteiger partial charge in [-0.1, -0.05) is 12.1 Å². The number of ether oxygens (including phenoxy) is 1. The summed E-state index contributed by atoms with van der Waals surface area (Å²) >= 11 is 0. The molecule has 1 aliphatic heterocycles. The number of nitrogens with zero attached hydrogens (tertiary/aromatic N) is 1. The van der Waals surface area contributed by atoms with Gasteiger partial charge in [0, 0.05) is 13.7 Å². The summed E-state index contributed by atoms with van der Waals surface area (Å²) in [5.74, 6) is -0.273. The molecule has 0 bridgehead atoms. The third kappa shape index (κ3) is 3.94. The number of hydrogen-bond donors (Lipinski definition) is 1. The number of rotatable bonds is 4. The Morgan fingerprint density at radius 1 is 1.38 bits per heavy atom. The lowest BCUT2D eigenvalue weighted by Gasteiger charge is -2.28. The molecule has 1 heterocycles. The maximum Gasteiger partial charge on any atom is 0.317 e. The van der Waals surface area contributed by atoms with Crippen LogP contribution >= 0.6 is 0 Å². The smallest absolute Gasteiger partial charge is 0.317 e. The zero-order valence-electron chi connectivity index (χ0n) is 12.8. The molecule has 1 N–H and O–H groups in total. The van der Waals surface area contributed by atoms with Crippen molar-refractivity contribution in [1.82, 2.24) is 10.2 Å². The topological polar surface area (TPSA) is 41.6 Å². The summed E-state index contributed by atoms with van der Waals surface area (Å²) in [5, 5.41) is 2.97. The fourth-order valence-corrected chi connectivity index (χ4v) is 2.53. The number of carbonyl (C=O) groups is 1. The van der Waals surface area contributed by atoms with E-state index in [0.29, 0.717) is 0 Å². The molecule has 21 heavy (non-hydrogen) atoms. The van der Waals surface area contributed by atoms with Gasteiger partial charge in [-0.15, -0.1) is 0 Å². The van der Waals surface area contributed by atoms with Gasteiger partial charge in [0.05, 0.1) is 18.2 Å². The zero-order chi connectivity index (χ0) is 15.4. The molecule has 2 amide bonds. The molecular formula is C16H23FN2O2. The molecule has 1 aromatic rings. The molecular weight excluding hydrogens is 271 g/mol. The van der Waals surface area contributed by atoms with E-state index in [1.807, 2.05) is 13.8 Å². The molecule has 0 aliphatic carbocycles. The lowest BCUT2D eigenvalue weighted by atomic mass is 10.1. The molecule has 0 aromatic heterocycles. The molecule has 0 saturated carbocycles. The SMILES string of the molecule is C[C@H](NC(=O)N(C)[C@@H](C)c1ccc(F)cc1)[C@@H]1CCCO1. The Hall–Kier alpha value is -1.62. The van der Waals surface area contributed by atoms with Crippen LogP contribution in [0.4, 0.5) is 9.18 Å². The molecule has 1 fully saturated rings. The fourth-order valence-electron chi connectivity index (χ4n) is 2.53. The van der Waals surface area contributed by atoms with Crippen molar-refractivity contribution in [1.29, 1.82) is 0 Å². The lowest BCUT2D eigenvalue weighted by molar-refractivity contribution is 0.0830. The van der Waals surface area contributed by atoms with Gasteiger partial charge in [0.2, 0.25) is 0 Å². The van der Waals surface area contributed by atoms with Gasteiger partial charge < -0.3 is 15.0 Å². The van der Waals surface area contributed by atoms with Gasteiger partial charge in [-0.05, 0) is 44.4 Å². The zero-order valence-corrected chi connectivity index (χ0v) is 12.8. The van der Waals surface area contributed by atoms with Gasteiger partial charge in [0.25, 0.3) is 0 Å². The third-order valence-electron chi connectivity index (χ3n) is 4.13. The normalized spacial score (nSPS) is 20.9. The van der Waals surface area contributed by atoms with Crippen LogP contribution in [0.1, 0.15) is 38.3 Å². The van der Waals surface area contributed by atoms with Crippen molar-refractivity contribution in [3.8, 4) is 0 Å². The molecule has 4 nitrogen and oxygen atoms in total. The van der Waals surface area contributed by atoms with Crippen LogP contribution in [0.3, 0.4) is 0 Å². The molecule has 2 rings (SSSR count). The molecule has 116 valence electrons. The van der Waals surface area contributed by atoms with Gasteiger partial charge in [0.1, 0.15) is 5.82 Å². The Kier molecular flexibility index (Phi) is 5.17. The highest BCUT2D eigenvalue weighted by Crippen LogP contribution is 2.20. The van der Waals surface area contributed by atoms with Crippen molar-refractivity contribution in [2.45, 2.75) is 44.9 Å². The minimum atomic E-state index is -0.273. The Morgan fingerprint density at radius 2 is 2.05 bits per heavy atom. The van der Waals surface area contributed by atoms with Crippen molar-refractivity contribution >= 4 is 6.03 Å². The van der Waals surface area contributed by atoms with Crippen molar-refractivity contribution in [2.75, 3.05) is 13.7 Å². The van der Waals surface area contributed by atoms with Gasteiger partial charge in [0.15, 0.2) is 0 Å². The van der Waals surface area contributed by atoms with E-state index in [0.717, 1.165) is 25.0 Å². The fraction of sp³-hybridized carbons (Fsp3) is 0.562. The van der Waals surface area contributed by atoms with Crippen LogP contribution in [0.2, 0.25) is 0 Å². The molecule has 1 saturated heterocycles. The van der Waals surface area contributed by atoms with Crippen molar-refractivity contribution < 1.29 is 13.9 Å². The Bertz CT molecular complexity index is 472. The number of urea groups is 1. The molecule has 1 aliphatic rings.